The van der Waals surface area contributed by atoms with E-state index in [4.69, 9.17) is 9.47 Å². The molecule has 1 amide bonds. The third-order valence-electron chi connectivity index (χ3n) is 3.98. The monoisotopic (exact) mass is 351 g/mol. The second-order valence-corrected chi connectivity index (χ2v) is 5.84. The molecule has 3 rings (SSSR count). The Kier molecular flexibility index (Phi) is 5.53. The molecule has 26 heavy (non-hydrogen) atoms. The van der Waals surface area contributed by atoms with Crippen LogP contribution < -0.4 is 14.8 Å². The van der Waals surface area contributed by atoms with Crippen LogP contribution in [0, 0.1) is 0 Å². The molecule has 0 aliphatic heterocycles. The van der Waals surface area contributed by atoms with Crippen molar-refractivity contribution in [3.8, 4) is 11.5 Å². The maximum Gasteiger partial charge on any atom is 0.251 e. The Balaban J connectivity index is 1.66. The average molecular weight is 351 g/mol. The first-order valence-corrected chi connectivity index (χ1v) is 8.23. The number of nitrogens with one attached hydrogen (secondary N) is 1. The first kappa shape index (κ1) is 17.5. The largest absolute Gasteiger partial charge is 0.497 e. The van der Waals surface area contributed by atoms with Gasteiger partial charge in [-0.1, -0.05) is 24.3 Å². The van der Waals surface area contributed by atoms with Gasteiger partial charge in [-0.25, -0.2) is 4.98 Å². The van der Waals surface area contributed by atoms with Gasteiger partial charge in [0.05, 0.1) is 20.5 Å². The van der Waals surface area contributed by atoms with Crippen LogP contribution in [0.1, 0.15) is 21.5 Å². The van der Waals surface area contributed by atoms with Crippen molar-refractivity contribution in [2.45, 2.75) is 13.1 Å². The summed E-state index contributed by atoms with van der Waals surface area (Å²) >= 11 is 0. The molecule has 3 aromatic rings. The highest BCUT2D eigenvalue weighted by molar-refractivity contribution is 5.95. The molecule has 0 saturated heterocycles. The first-order chi connectivity index (χ1) is 12.7. The molecule has 0 aliphatic rings. The van der Waals surface area contributed by atoms with Gasteiger partial charge in [0.25, 0.3) is 5.91 Å². The van der Waals surface area contributed by atoms with E-state index in [1.54, 1.807) is 44.9 Å². The molecule has 134 valence electrons. The second-order valence-electron chi connectivity index (χ2n) is 5.84. The van der Waals surface area contributed by atoms with Gasteiger partial charge in [0, 0.05) is 37.1 Å². The van der Waals surface area contributed by atoms with Gasteiger partial charge < -0.3 is 19.4 Å². The lowest BCUT2D eigenvalue weighted by molar-refractivity contribution is 0.0950. The molecule has 0 spiro atoms. The van der Waals surface area contributed by atoms with E-state index < -0.39 is 0 Å². The number of ether oxygens (including phenoxy) is 2. The van der Waals surface area contributed by atoms with E-state index in [2.05, 4.69) is 22.4 Å². The molecule has 0 fully saturated rings. The van der Waals surface area contributed by atoms with Gasteiger partial charge in [0.2, 0.25) is 0 Å². The zero-order chi connectivity index (χ0) is 18.4. The Hall–Kier alpha value is -3.28. The molecule has 6 nitrogen and oxygen atoms in total. The number of hydrogen-bond donors (Lipinski definition) is 1. The Bertz CT molecular complexity index is 854. The number of amides is 1. The van der Waals surface area contributed by atoms with Crippen LogP contribution in [-0.2, 0) is 13.1 Å². The first-order valence-electron chi connectivity index (χ1n) is 8.23. The van der Waals surface area contributed by atoms with Crippen molar-refractivity contribution >= 4 is 5.91 Å². The molecule has 2 aromatic carbocycles. The number of hydrogen-bond acceptors (Lipinski definition) is 4. The SMILES string of the molecule is COc1cc(OC)cc(C(=O)NCc2cccc(Cn3ccnc3)c2)c1. The van der Waals surface area contributed by atoms with Crippen LogP contribution in [0.15, 0.2) is 61.2 Å². The fourth-order valence-electron chi connectivity index (χ4n) is 2.65. The summed E-state index contributed by atoms with van der Waals surface area (Å²) in [5.41, 5.74) is 2.68. The van der Waals surface area contributed by atoms with Crippen LogP contribution in [0.2, 0.25) is 0 Å². The molecule has 0 bridgehead atoms. The molecule has 1 heterocycles. The van der Waals surface area contributed by atoms with Crippen LogP contribution in [-0.4, -0.2) is 29.7 Å². The minimum Gasteiger partial charge on any atom is -0.497 e. The number of benzene rings is 2. The van der Waals surface area contributed by atoms with E-state index in [0.717, 1.165) is 17.7 Å². The van der Waals surface area contributed by atoms with Crippen molar-refractivity contribution in [1.82, 2.24) is 14.9 Å². The van der Waals surface area contributed by atoms with Crippen LogP contribution in [0.3, 0.4) is 0 Å². The third-order valence-corrected chi connectivity index (χ3v) is 3.98. The van der Waals surface area contributed by atoms with E-state index in [-0.39, 0.29) is 5.91 Å². The van der Waals surface area contributed by atoms with Crippen molar-refractivity contribution in [3.63, 3.8) is 0 Å². The van der Waals surface area contributed by atoms with Crippen LogP contribution >= 0.6 is 0 Å². The molecule has 0 radical (unpaired) electrons. The highest BCUT2D eigenvalue weighted by Crippen LogP contribution is 2.22. The molecule has 1 N–H and O–H groups in total. The summed E-state index contributed by atoms with van der Waals surface area (Å²) in [6.45, 7) is 1.19. The molecule has 1 aromatic heterocycles. The van der Waals surface area contributed by atoms with Crippen LogP contribution in [0.5, 0.6) is 11.5 Å². The number of imidazole rings is 1. The molecule has 6 heteroatoms. The highest BCUT2D eigenvalue weighted by atomic mass is 16.5. The van der Waals surface area contributed by atoms with Crippen molar-refractivity contribution < 1.29 is 14.3 Å². The van der Waals surface area contributed by atoms with Crippen molar-refractivity contribution in [1.29, 1.82) is 0 Å². The number of rotatable bonds is 7. The Labute approximate surface area is 152 Å². The smallest absolute Gasteiger partial charge is 0.251 e. The van der Waals surface area contributed by atoms with Gasteiger partial charge >= 0.3 is 0 Å². The van der Waals surface area contributed by atoms with Gasteiger partial charge in [-0.05, 0) is 23.3 Å². The van der Waals surface area contributed by atoms with E-state index in [1.165, 1.54) is 0 Å². The zero-order valence-corrected chi connectivity index (χ0v) is 14.8. The fourth-order valence-corrected chi connectivity index (χ4v) is 2.65. The van der Waals surface area contributed by atoms with Crippen LogP contribution in [0.4, 0.5) is 0 Å². The summed E-state index contributed by atoms with van der Waals surface area (Å²) < 4.78 is 12.4. The standard InChI is InChI=1S/C20H21N3O3/c1-25-18-9-17(10-19(11-18)26-2)20(24)22-12-15-4-3-5-16(8-15)13-23-7-6-21-14-23/h3-11,14H,12-13H2,1-2H3,(H,22,24). The minimum absolute atomic E-state index is 0.179. The number of carbonyl (C=O) groups is 1. The summed E-state index contributed by atoms with van der Waals surface area (Å²) in [4.78, 5) is 16.5. The molecule has 0 saturated carbocycles. The molecular formula is C20H21N3O3. The fraction of sp³-hybridized carbons (Fsp3) is 0.200. The topological polar surface area (TPSA) is 65.4 Å². The van der Waals surface area contributed by atoms with Crippen molar-refractivity contribution in [2.75, 3.05) is 14.2 Å². The number of nitrogens with zero attached hydrogens (tertiary/aromatic N) is 2. The summed E-state index contributed by atoms with van der Waals surface area (Å²) in [5.74, 6) is 0.982. The molecular weight excluding hydrogens is 330 g/mol. The Morgan fingerprint density at radius 3 is 2.46 bits per heavy atom. The molecule has 0 atom stereocenters. The number of aromatic nitrogens is 2. The normalized spacial score (nSPS) is 10.4. The Morgan fingerprint density at radius 1 is 1.08 bits per heavy atom. The van der Waals surface area contributed by atoms with Crippen LogP contribution in [0.25, 0.3) is 0 Å². The van der Waals surface area contributed by atoms with Gasteiger partial charge in [-0.2, -0.15) is 0 Å². The lowest BCUT2D eigenvalue weighted by Crippen LogP contribution is -2.23. The summed E-state index contributed by atoms with van der Waals surface area (Å²) in [6, 6.07) is 13.2. The Morgan fingerprint density at radius 2 is 1.81 bits per heavy atom. The minimum atomic E-state index is -0.179. The zero-order valence-electron chi connectivity index (χ0n) is 14.8. The average Bonchev–Trinajstić information content (AvgIpc) is 3.19. The van der Waals surface area contributed by atoms with E-state index in [1.807, 2.05) is 22.9 Å². The predicted octanol–water partition coefficient (Wildman–Crippen LogP) is 2.88. The van der Waals surface area contributed by atoms with E-state index in [0.29, 0.717) is 23.6 Å². The molecule has 0 aliphatic carbocycles. The summed E-state index contributed by atoms with van der Waals surface area (Å²) in [5, 5.41) is 2.93. The van der Waals surface area contributed by atoms with Gasteiger partial charge in [0.1, 0.15) is 11.5 Å². The molecule has 0 unspecified atom stereocenters. The van der Waals surface area contributed by atoms with E-state index >= 15 is 0 Å². The summed E-state index contributed by atoms with van der Waals surface area (Å²) in [6.07, 6.45) is 5.46. The highest BCUT2D eigenvalue weighted by Gasteiger charge is 2.10. The summed E-state index contributed by atoms with van der Waals surface area (Å²) in [7, 11) is 3.12. The lowest BCUT2D eigenvalue weighted by atomic mass is 10.1. The van der Waals surface area contributed by atoms with Gasteiger partial charge in [-0.15, -0.1) is 0 Å². The third kappa shape index (κ3) is 4.42. The second kappa shape index (κ2) is 8.20. The van der Waals surface area contributed by atoms with Gasteiger partial charge in [-0.3, -0.25) is 4.79 Å². The quantitative estimate of drug-likeness (QED) is 0.711. The number of methoxy groups -OCH3 is 2. The lowest BCUT2D eigenvalue weighted by Gasteiger charge is -2.10. The maximum absolute atomic E-state index is 12.5. The van der Waals surface area contributed by atoms with E-state index in [9.17, 15) is 4.79 Å². The van der Waals surface area contributed by atoms with Crippen molar-refractivity contribution in [3.05, 3.63) is 77.9 Å². The van der Waals surface area contributed by atoms with Gasteiger partial charge in [0.15, 0.2) is 0 Å². The number of carbonyl (C=O) groups excluding carboxylic acids is 1. The maximum atomic E-state index is 12.5. The predicted molar refractivity (Wildman–Crippen MR) is 98.5 cm³/mol. The van der Waals surface area contributed by atoms with Crippen molar-refractivity contribution in [2.24, 2.45) is 0 Å².